The molecule has 0 aromatic heterocycles. The summed E-state index contributed by atoms with van der Waals surface area (Å²) in [6, 6.07) is 27.6. The Hall–Kier alpha value is -2.62. The molecule has 1 saturated heterocycles. The minimum atomic E-state index is 0.0248. The van der Waals surface area contributed by atoms with Crippen molar-refractivity contribution in [1.82, 2.24) is 4.90 Å². The average Bonchev–Trinajstić information content (AvgIpc) is 3.34. The maximum Gasteiger partial charge on any atom is 0.129 e. The molecule has 0 N–H and O–H groups in total. The van der Waals surface area contributed by atoms with Gasteiger partial charge in [-0.2, -0.15) is 0 Å². The van der Waals surface area contributed by atoms with Gasteiger partial charge in [0.2, 0.25) is 0 Å². The van der Waals surface area contributed by atoms with Gasteiger partial charge in [0.05, 0.1) is 24.9 Å². The van der Waals surface area contributed by atoms with Crippen molar-refractivity contribution in [2.75, 3.05) is 7.11 Å². The van der Waals surface area contributed by atoms with Crippen LogP contribution in [-0.4, -0.2) is 23.8 Å². The predicted molar refractivity (Wildman–Crippen MR) is 109 cm³/mol. The summed E-state index contributed by atoms with van der Waals surface area (Å²) in [7, 11) is 1.69. The molecule has 1 unspecified atom stereocenters. The normalized spacial score (nSPS) is 25.6. The topological polar surface area (TPSA) is 24.6 Å². The van der Waals surface area contributed by atoms with Crippen molar-refractivity contribution in [3.05, 3.63) is 101 Å². The zero-order chi connectivity index (χ0) is 18.4. The summed E-state index contributed by atoms with van der Waals surface area (Å²) in [5.41, 5.74) is 4.80. The van der Waals surface area contributed by atoms with Crippen LogP contribution in [0.5, 0.6) is 5.75 Å². The molecule has 0 bridgehead atoms. The first kappa shape index (κ1) is 16.5. The highest BCUT2D eigenvalue weighted by atomic mass is 35.5. The van der Waals surface area contributed by atoms with E-state index in [2.05, 4.69) is 59.5 Å². The fourth-order valence-corrected chi connectivity index (χ4v) is 4.14. The number of halogens is 1. The second-order valence-electron chi connectivity index (χ2n) is 6.92. The summed E-state index contributed by atoms with van der Waals surface area (Å²) in [6.07, 6.45) is 0.0248. The highest BCUT2D eigenvalue weighted by Crippen LogP contribution is 2.55. The van der Waals surface area contributed by atoms with Crippen LogP contribution in [0.15, 0.2) is 83.9 Å². The molecule has 0 radical (unpaired) electrons. The standard InChI is InChI=1S/C23H19ClN2O/c1-27-19-13-9-17(10-14-19)23-25-20(15-7-11-18(24)12-8-15)22-21(26(22)23)16-5-3-2-4-6-16/h2-14,21-23H,1H3/t21-,22-,23+,26?/m1/s1. The van der Waals surface area contributed by atoms with E-state index in [1.807, 2.05) is 24.3 Å². The number of aliphatic imine (C=N–C) groups is 1. The maximum absolute atomic E-state index is 6.08. The molecule has 3 nitrogen and oxygen atoms in total. The summed E-state index contributed by atoms with van der Waals surface area (Å²) >= 11 is 6.08. The highest BCUT2D eigenvalue weighted by molar-refractivity contribution is 6.30. The van der Waals surface area contributed by atoms with Gasteiger partial charge in [0.15, 0.2) is 0 Å². The number of rotatable bonds is 4. The van der Waals surface area contributed by atoms with E-state index in [-0.39, 0.29) is 6.17 Å². The Bertz CT molecular complexity index is 983. The molecular weight excluding hydrogens is 356 g/mol. The van der Waals surface area contributed by atoms with Crippen molar-refractivity contribution in [3.63, 3.8) is 0 Å². The molecule has 5 rings (SSSR count). The van der Waals surface area contributed by atoms with Crippen LogP contribution in [0.4, 0.5) is 0 Å². The van der Waals surface area contributed by atoms with Crippen molar-refractivity contribution in [2.24, 2.45) is 4.99 Å². The van der Waals surface area contributed by atoms with E-state index >= 15 is 0 Å². The van der Waals surface area contributed by atoms with Crippen LogP contribution < -0.4 is 4.74 Å². The molecule has 2 heterocycles. The minimum Gasteiger partial charge on any atom is -0.497 e. The molecule has 27 heavy (non-hydrogen) atoms. The number of nitrogens with zero attached hydrogens (tertiary/aromatic N) is 2. The van der Waals surface area contributed by atoms with Crippen LogP contribution in [0.3, 0.4) is 0 Å². The van der Waals surface area contributed by atoms with Gasteiger partial charge in [-0.05, 0) is 41.0 Å². The van der Waals surface area contributed by atoms with Crippen molar-refractivity contribution in [2.45, 2.75) is 18.2 Å². The van der Waals surface area contributed by atoms with Crippen molar-refractivity contribution in [1.29, 1.82) is 0 Å². The summed E-state index contributed by atoms with van der Waals surface area (Å²) in [6.45, 7) is 0. The quantitative estimate of drug-likeness (QED) is 0.580. The molecule has 0 aliphatic carbocycles. The second kappa shape index (κ2) is 6.52. The first-order chi connectivity index (χ1) is 13.3. The van der Waals surface area contributed by atoms with E-state index in [0.29, 0.717) is 12.1 Å². The van der Waals surface area contributed by atoms with Crippen molar-refractivity contribution in [3.8, 4) is 5.75 Å². The molecular formula is C23H19ClN2O. The third kappa shape index (κ3) is 2.84. The number of methoxy groups -OCH3 is 1. The Morgan fingerprint density at radius 3 is 2.19 bits per heavy atom. The molecule has 0 spiro atoms. The Labute approximate surface area is 163 Å². The fraction of sp³-hybridized carbons (Fsp3) is 0.174. The molecule has 4 atom stereocenters. The van der Waals surface area contributed by atoms with Gasteiger partial charge in [-0.15, -0.1) is 0 Å². The first-order valence-corrected chi connectivity index (χ1v) is 9.44. The van der Waals surface area contributed by atoms with Gasteiger partial charge in [0.1, 0.15) is 11.9 Å². The summed E-state index contributed by atoms with van der Waals surface area (Å²) in [5.74, 6) is 0.862. The number of hydrogen-bond acceptors (Lipinski definition) is 3. The van der Waals surface area contributed by atoms with Gasteiger partial charge in [-0.1, -0.05) is 66.2 Å². The molecule has 1 fully saturated rings. The molecule has 4 heteroatoms. The van der Waals surface area contributed by atoms with Gasteiger partial charge < -0.3 is 4.74 Å². The number of ether oxygens (including phenoxy) is 1. The Kier molecular flexibility index (Phi) is 4.00. The Balaban J connectivity index is 1.54. The first-order valence-electron chi connectivity index (χ1n) is 9.06. The van der Waals surface area contributed by atoms with Gasteiger partial charge in [0, 0.05) is 5.02 Å². The summed E-state index contributed by atoms with van der Waals surface area (Å²) < 4.78 is 5.30. The Morgan fingerprint density at radius 1 is 0.815 bits per heavy atom. The molecule has 3 aromatic rings. The molecule has 2 aliphatic rings. The predicted octanol–water partition coefficient (Wildman–Crippen LogP) is 5.28. The Morgan fingerprint density at radius 2 is 1.52 bits per heavy atom. The van der Waals surface area contributed by atoms with E-state index in [4.69, 9.17) is 21.3 Å². The lowest BCUT2D eigenvalue weighted by Crippen LogP contribution is -2.08. The van der Waals surface area contributed by atoms with E-state index in [1.165, 1.54) is 11.1 Å². The third-order valence-corrected chi connectivity index (χ3v) is 5.62. The van der Waals surface area contributed by atoms with Crippen molar-refractivity contribution < 1.29 is 4.74 Å². The van der Waals surface area contributed by atoms with Gasteiger partial charge >= 0.3 is 0 Å². The van der Waals surface area contributed by atoms with Gasteiger partial charge in [-0.3, -0.25) is 9.89 Å². The lowest BCUT2D eigenvalue weighted by molar-refractivity contribution is 0.400. The van der Waals surface area contributed by atoms with Crippen LogP contribution in [0.2, 0.25) is 5.02 Å². The smallest absolute Gasteiger partial charge is 0.129 e. The molecule has 134 valence electrons. The minimum absolute atomic E-state index is 0.0248. The molecule has 0 amide bonds. The van der Waals surface area contributed by atoms with Crippen LogP contribution in [-0.2, 0) is 0 Å². The largest absolute Gasteiger partial charge is 0.497 e. The monoisotopic (exact) mass is 374 g/mol. The lowest BCUT2D eigenvalue weighted by atomic mass is 10.0. The second-order valence-corrected chi connectivity index (χ2v) is 7.35. The highest BCUT2D eigenvalue weighted by Gasteiger charge is 2.59. The molecule has 3 aromatic carbocycles. The summed E-state index contributed by atoms with van der Waals surface area (Å²) in [4.78, 5) is 7.55. The van der Waals surface area contributed by atoms with Gasteiger partial charge in [-0.25, -0.2) is 0 Å². The zero-order valence-electron chi connectivity index (χ0n) is 14.9. The van der Waals surface area contributed by atoms with Crippen molar-refractivity contribution >= 4 is 17.3 Å². The lowest BCUT2D eigenvalue weighted by Gasteiger charge is -2.15. The van der Waals surface area contributed by atoms with E-state index < -0.39 is 0 Å². The van der Waals surface area contributed by atoms with E-state index in [9.17, 15) is 0 Å². The zero-order valence-corrected chi connectivity index (χ0v) is 15.7. The maximum atomic E-state index is 6.08. The van der Waals surface area contributed by atoms with E-state index in [0.717, 1.165) is 22.0 Å². The third-order valence-electron chi connectivity index (χ3n) is 5.37. The number of benzene rings is 3. The number of fused-ring (bicyclic) bond motifs is 1. The summed E-state index contributed by atoms with van der Waals surface area (Å²) in [5, 5.41) is 0.747. The van der Waals surface area contributed by atoms with Crippen LogP contribution >= 0.6 is 11.6 Å². The molecule has 0 saturated carbocycles. The van der Waals surface area contributed by atoms with Crippen LogP contribution in [0.1, 0.15) is 28.9 Å². The SMILES string of the molecule is COc1ccc([C@H]2N=C(c3ccc(Cl)cc3)[C@@H]3[C@@H](c4ccccc4)N23)cc1. The molecule has 2 aliphatic heterocycles. The fourth-order valence-electron chi connectivity index (χ4n) is 4.01. The van der Waals surface area contributed by atoms with Gasteiger partial charge in [0.25, 0.3) is 0 Å². The van der Waals surface area contributed by atoms with Crippen LogP contribution in [0, 0.1) is 0 Å². The van der Waals surface area contributed by atoms with Crippen LogP contribution in [0.25, 0.3) is 0 Å². The number of hydrogen-bond donors (Lipinski definition) is 0. The van der Waals surface area contributed by atoms with E-state index in [1.54, 1.807) is 7.11 Å². The average molecular weight is 375 g/mol.